The van der Waals surface area contributed by atoms with Crippen LogP contribution in [0.4, 0.5) is 0 Å². The zero-order chi connectivity index (χ0) is 9.00. The Labute approximate surface area is 63.0 Å². The Bertz CT molecular complexity index is 52.2. The quantitative estimate of drug-likeness (QED) is 0.413. The van der Waals surface area contributed by atoms with Crippen LogP contribution in [0.15, 0.2) is 0 Å². The molecule has 0 amide bonds. The first kappa shape index (κ1) is 13.3. The monoisotopic (exact) mass is 292 g/mol. The molecular weight excluding hydrogens is 290 g/mol. The molecule has 10 heavy (non-hydrogen) atoms. The van der Waals surface area contributed by atoms with E-state index in [2.05, 4.69) is 0 Å². The second kappa shape index (κ2) is 4.55. The number of halogens is 2. The van der Waals surface area contributed by atoms with Crippen molar-refractivity contribution in [1.29, 1.82) is 0 Å². The molecule has 10 heteroatoms. The van der Waals surface area contributed by atoms with Crippen molar-refractivity contribution in [3.05, 3.63) is 0 Å². The van der Waals surface area contributed by atoms with Gasteiger partial charge in [-0.1, -0.05) is 0 Å². The Morgan fingerprint density at radius 1 is 1.00 bits per heavy atom. The highest BCUT2D eigenvalue weighted by Gasteiger charge is 2.11. The third kappa shape index (κ3) is 1050. The Morgan fingerprint density at radius 2 is 1.00 bits per heavy atom. The van der Waals surface area contributed by atoms with Gasteiger partial charge < -0.3 is 0 Å². The van der Waals surface area contributed by atoms with E-state index in [-0.39, 0.29) is 0 Å². The van der Waals surface area contributed by atoms with Crippen LogP contribution in [0.1, 0.15) is 0 Å². The zero-order valence-corrected chi connectivity index (χ0v) is 7.01. The van der Waals surface area contributed by atoms with Crippen molar-refractivity contribution < 1.29 is 62.7 Å². The van der Waals surface area contributed by atoms with Crippen LogP contribution in [0, 0.1) is 10.2 Å². The molecule has 0 aliphatic heterocycles. The lowest BCUT2D eigenvalue weighted by Crippen LogP contribution is -4.23. The van der Waals surface area contributed by atoms with Gasteiger partial charge in [0.2, 0.25) is 0 Å². The van der Waals surface area contributed by atoms with E-state index in [1.54, 1.807) is 0 Å². The Morgan fingerprint density at radius 3 is 1.00 bits per heavy atom. The second-order valence-electron chi connectivity index (χ2n) is 0.792. The summed E-state index contributed by atoms with van der Waals surface area (Å²) in [6.07, 6.45) is 0. The average Bonchev–Trinajstić information content (AvgIpc) is 1.12. The summed E-state index contributed by atoms with van der Waals surface area (Å²) in [7, 11) is -4.69. The fourth-order valence-corrected chi connectivity index (χ4v) is 0. The molecule has 0 heterocycles. The lowest BCUT2D eigenvalue weighted by atomic mass is 15.8. The molecule has 0 bridgehead atoms. The SMILES string of the molecule is [O-][Cl+3]([O-])([O-])O.[O-][I+3]([O-])([O-])O. The maximum Gasteiger partial charge on any atom is 0.368 e. The molecule has 0 fully saturated rings. The summed E-state index contributed by atoms with van der Waals surface area (Å²) >= 11 is -5.69. The van der Waals surface area contributed by atoms with Crippen molar-refractivity contribution in [2.24, 2.45) is 0 Å². The van der Waals surface area contributed by atoms with Gasteiger partial charge in [-0.15, -0.1) is 0 Å². The van der Waals surface area contributed by atoms with E-state index in [9.17, 15) is 0 Å². The smallest absolute Gasteiger partial charge is 0.256 e. The minimum Gasteiger partial charge on any atom is -0.256 e. The van der Waals surface area contributed by atoms with Gasteiger partial charge in [0.1, 0.15) is 0 Å². The first-order valence-electron chi connectivity index (χ1n) is 1.26. The van der Waals surface area contributed by atoms with Gasteiger partial charge in [0.05, 0.1) is 14.9 Å². The van der Waals surface area contributed by atoms with Gasteiger partial charge >= 0.3 is 20.1 Å². The van der Waals surface area contributed by atoms with E-state index >= 15 is 0 Å². The normalized spacial score (nSPS) is 12.0. The largest absolute Gasteiger partial charge is 0.368 e. The van der Waals surface area contributed by atoms with Gasteiger partial charge in [0, 0.05) is 3.44 Å². The summed E-state index contributed by atoms with van der Waals surface area (Å²) < 4.78 is 65.9. The van der Waals surface area contributed by atoms with Gasteiger partial charge in [-0.25, -0.2) is 0 Å². The molecule has 0 aliphatic rings. The van der Waals surface area contributed by atoms with Crippen LogP contribution in [0.3, 0.4) is 0 Å². The lowest BCUT2D eigenvalue weighted by molar-refractivity contribution is -1.92. The van der Waals surface area contributed by atoms with Gasteiger partial charge in [-0.3, -0.25) is 10.3 Å². The summed E-state index contributed by atoms with van der Waals surface area (Å²) in [6, 6.07) is 0. The van der Waals surface area contributed by atoms with Crippen LogP contribution < -0.4 is 44.4 Å². The highest BCUT2D eigenvalue weighted by Crippen LogP contribution is 1.60. The van der Waals surface area contributed by atoms with E-state index in [0.29, 0.717) is 0 Å². The molecule has 0 saturated heterocycles. The maximum atomic E-state index is 8.73. The highest BCUT2D eigenvalue weighted by molar-refractivity contribution is 2.16. The van der Waals surface area contributed by atoms with Gasteiger partial charge in [-0.05, 0) is 0 Å². The standard InChI is InChI=1S/ClHO4.HIO4/c2*2-1(3,4)5/h(H,2,3,4,5);2H. The Hall–Kier alpha value is 0.700. The van der Waals surface area contributed by atoms with Crippen LogP contribution in [0.2, 0.25) is 0 Å². The molecule has 64 valence electrons. The van der Waals surface area contributed by atoms with Gasteiger partial charge in [0.15, 0.2) is 0 Å². The van der Waals surface area contributed by atoms with Gasteiger partial charge in [-0.2, -0.15) is 14.0 Å². The fraction of sp³-hybridized carbons (Fsp3) is 0. The first-order valence-corrected chi connectivity index (χ1v) is 6.14. The predicted octanol–water partition coefficient (Wildman–Crippen LogP) is -11.2. The van der Waals surface area contributed by atoms with E-state index in [1.807, 2.05) is 0 Å². The maximum absolute atomic E-state index is 8.73. The van der Waals surface area contributed by atoms with E-state index in [4.69, 9.17) is 32.4 Å². The molecule has 0 aromatic carbocycles. The third-order valence-corrected chi connectivity index (χ3v) is 0. The number of hydrogen-bond acceptors (Lipinski definition) is 8. The number of hydrogen-bond donors (Lipinski definition) is 2. The highest BCUT2D eigenvalue weighted by atomic mass is 127. The fourth-order valence-electron chi connectivity index (χ4n) is 0. The van der Waals surface area contributed by atoms with Crippen molar-refractivity contribution in [1.82, 2.24) is 0 Å². The lowest BCUT2D eigenvalue weighted by Gasteiger charge is -2.03. The molecule has 8 nitrogen and oxygen atoms in total. The molecule has 0 radical (unpaired) electrons. The van der Waals surface area contributed by atoms with E-state index in [0.717, 1.165) is 0 Å². The van der Waals surface area contributed by atoms with Crippen molar-refractivity contribution in [2.75, 3.05) is 0 Å². The number of rotatable bonds is 0. The topological polar surface area (TPSA) is 179 Å². The molecular formula is H2ClIO8. The Kier molecular flexibility index (Phi) is 6.05. The minimum absolute atomic E-state index is 4.69. The van der Waals surface area contributed by atoms with Gasteiger partial charge in [0.25, 0.3) is 0 Å². The molecule has 0 spiro atoms. The summed E-state index contributed by atoms with van der Waals surface area (Å²) in [6.45, 7) is 0. The van der Waals surface area contributed by atoms with Crippen LogP contribution in [-0.4, -0.2) is 8.09 Å². The van der Waals surface area contributed by atoms with E-state index in [1.165, 1.54) is 0 Å². The minimum atomic E-state index is -5.69. The van der Waals surface area contributed by atoms with Crippen LogP contribution in [0.25, 0.3) is 0 Å². The molecule has 2 N–H and O–H groups in total. The van der Waals surface area contributed by atoms with Crippen molar-refractivity contribution in [3.8, 4) is 0 Å². The summed E-state index contributed by atoms with van der Waals surface area (Å²) in [5.41, 5.74) is 0. The molecule has 0 atom stereocenters. The average molecular weight is 292 g/mol. The molecule has 0 aromatic rings. The zero-order valence-electron chi connectivity index (χ0n) is 4.10. The summed E-state index contributed by atoms with van der Waals surface area (Å²) in [5, 5.41) is 0. The van der Waals surface area contributed by atoms with Crippen molar-refractivity contribution >= 4 is 0 Å². The molecule has 0 rings (SSSR count). The third-order valence-electron chi connectivity index (χ3n) is 0. The summed E-state index contributed by atoms with van der Waals surface area (Å²) in [5.74, 6) is 0. The first-order chi connectivity index (χ1) is 4.00. The van der Waals surface area contributed by atoms with Crippen LogP contribution in [-0.2, 0) is 0 Å². The van der Waals surface area contributed by atoms with Crippen molar-refractivity contribution in [3.63, 3.8) is 0 Å². The second-order valence-corrected chi connectivity index (χ2v) is 3.84. The molecule has 0 unspecified atom stereocenters. The molecule has 0 aliphatic carbocycles. The van der Waals surface area contributed by atoms with Crippen molar-refractivity contribution in [2.45, 2.75) is 0 Å². The van der Waals surface area contributed by atoms with Crippen LogP contribution in [0.5, 0.6) is 0 Å². The Balaban J connectivity index is 0. The summed E-state index contributed by atoms with van der Waals surface area (Å²) in [4.78, 5) is 0. The predicted molar refractivity (Wildman–Crippen MR) is 4.44 cm³/mol. The molecule has 0 saturated carbocycles. The van der Waals surface area contributed by atoms with Crippen LogP contribution >= 0.6 is 0 Å². The molecule has 0 aromatic heterocycles. The van der Waals surface area contributed by atoms with E-state index < -0.39 is 30.3 Å².